The van der Waals surface area contributed by atoms with Crippen LogP contribution in [0.3, 0.4) is 0 Å². The Bertz CT molecular complexity index is 234. The monoisotopic (exact) mass is 148 g/mol. The zero-order chi connectivity index (χ0) is 8.10. The first kappa shape index (κ1) is 7.79. The summed E-state index contributed by atoms with van der Waals surface area (Å²) in [7, 11) is 0. The lowest BCUT2D eigenvalue weighted by atomic mass is 10.4. The Morgan fingerprint density at radius 2 is 2.36 bits per heavy atom. The first-order valence-electron chi connectivity index (χ1n) is 3.59. The van der Waals surface area contributed by atoms with Crippen molar-refractivity contribution in [2.24, 2.45) is 4.99 Å². The lowest BCUT2D eigenvalue weighted by Gasteiger charge is -2.02. The van der Waals surface area contributed by atoms with Gasteiger partial charge in [-0.05, 0) is 13.0 Å². The largest absolute Gasteiger partial charge is 0.345 e. The lowest BCUT2D eigenvalue weighted by molar-refractivity contribution is 1.12. The minimum atomic E-state index is 0.733. The van der Waals surface area contributed by atoms with Crippen molar-refractivity contribution in [2.45, 2.75) is 6.92 Å². The molecule has 0 fully saturated rings. The Hall–Kier alpha value is -1.31. The van der Waals surface area contributed by atoms with E-state index >= 15 is 0 Å². The van der Waals surface area contributed by atoms with Crippen LogP contribution in [0.2, 0.25) is 0 Å². The van der Waals surface area contributed by atoms with E-state index in [0.717, 1.165) is 18.1 Å². The average Bonchev–Trinajstić information content (AvgIpc) is 2.02. The second-order valence-electron chi connectivity index (χ2n) is 2.36. The predicted octanol–water partition coefficient (Wildman–Crippen LogP) is 1.63. The van der Waals surface area contributed by atoms with Gasteiger partial charge in [-0.25, -0.2) is 0 Å². The summed E-state index contributed by atoms with van der Waals surface area (Å²) in [5, 5.41) is 3.05. The van der Waals surface area contributed by atoms with Crippen molar-refractivity contribution in [3.05, 3.63) is 36.6 Å². The Morgan fingerprint density at radius 1 is 1.55 bits per heavy atom. The topological polar surface area (TPSA) is 24.4 Å². The molecule has 0 unspecified atom stereocenters. The van der Waals surface area contributed by atoms with Gasteiger partial charge in [0.05, 0.1) is 12.4 Å². The van der Waals surface area contributed by atoms with Crippen molar-refractivity contribution in [3.8, 4) is 0 Å². The number of hydrogen-bond donors (Lipinski definition) is 1. The molecule has 0 radical (unpaired) electrons. The van der Waals surface area contributed by atoms with Crippen LogP contribution in [-0.2, 0) is 0 Å². The number of nitrogens with one attached hydrogen (secondary N) is 1. The summed E-state index contributed by atoms with van der Waals surface area (Å²) < 4.78 is 0. The summed E-state index contributed by atoms with van der Waals surface area (Å²) in [5.41, 5.74) is 0.873. The van der Waals surface area contributed by atoms with E-state index in [1.54, 1.807) is 0 Å². The third-order valence-corrected chi connectivity index (χ3v) is 1.32. The standard InChI is InChI=1S/C9H12N2/c1-8-6-4-3-5-7-10-9(2)11-8/h3-6H,1,7H2,2H3,(H,10,11)/b5-3?,6-4-. The molecule has 1 heterocycles. The molecule has 2 nitrogen and oxygen atoms in total. The molecule has 1 rings (SSSR count). The van der Waals surface area contributed by atoms with Gasteiger partial charge in [0.25, 0.3) is 0 Å². The molecular formula is C9H12N2. The molecule has 1 aliphatic heterocycles. The van der Waals surface area contributed by atoms with Crippen LogP contribution in [-0.4, -0.2) is 12.4 Å². The van der Waals surface area contributed by atoms with Gasteiger partial charge in [-0.2, -0.15) is 0 Å². The number of aliphatic imine (C=N–C) groups is 1. The third kappa shape index (κ3) is 2.85. The fourth-order valence-electron chi connectivity index (χ4n) is 0.814. The van der Waals surface area contributed by atoms with Crippen LogP contribution in [0.5, 0.6) is 0 Å². The third-order valence-electron chi connectivity index (χ3n) is 1.32. The highest BCUT2D eigenvalue weighted by Crippen LogP contribution is 1.92. The molecule has 0 aliphatic carbocycles. The van der Waals surface area contributed by atoms with Gasteiger partial charge < -0.3 is 5.32 Å². The van der Waals surface area contributed by atoms with Gasteiger partial charge in [0, 0.05) is 5.70 Å². The van der Waals surface area contributed by atoms with Crippen molar-refractivity contribution >= 4 is 5.84 Å². The quantitative estimate of drug-likeness (QED) is 0.554. The Morgan fingerprint density at radius 3 is 3.18 bits per heavy atom. The summed E-state index contributed by atoms with van der Waals surface area (Å²) >= 11 is 0. The number of rotatable bonds is 0. The van der Waals surface area contributed by atoms with Crippen LogP contribution in [0.1, 0.15) is 6.92 Å². The number of amidine groups is 1. The fourth-order valence-corrected chi connectivity index (χ4v) is 0.814. The number of nitrogens with zero attached hydrogens (tertiary/aromatic N) is 1. The zero-order valence-corrected chi connectivity index (χ0v) is 6.67. The van der Waals surface area contributed by atoms with E-state index < -0.39 is 0 Å². The van der Waals surface area contributed by atoms with Crippen LogP contribution in [0, 0.1) is 0 Å². The predicted molar refractivity (Wildman–Crippen MR) is 48.5 cm³/mol. The van der Waals surface area contributed by atoms with Crippen molar-refractivity contribution < 1.29 is 0 Å². The first-order valence-corrected chi connectivity index (χ1v) is 3.59. The highest BCUT2D eigenvalue weighted by Gasteiger charge is 1.90. The van der Waals surface area contributed by atoms with E-state index in [1.165, 1.54) is 0 Å². The van der Waals surface area contributed by atoms with Gasteiger partial charge in [0.2, 0.25) is 0 Å². The van der Waals surface area contributed by atoms with Crippen molar-refractivity contribution in [3.63, 3.8) is 0 Å². The summed E-state index contributed by atoms with van der Waals surface area (Å²) in [4.78, 5) is 4.21. The Kier molecular flexibility index (Phi) is 2.66. The second kappa shape index (κ2) is 3.76. The Labute approximate surface area is 67.0 Å². The van der Waals surface area contributed by atoms with Crippen LogP contribution in [0.4, 0.5) is 0 Å². The molecule has 1 N–H and O–H groups in total. The SMILES string of the molecule is C=C1/C=C\C=CCN=C(C)N1. The highest BCUT2D eigenvalue weighted by molar-refractivity contribution is 5.81. The van der Waals surface area contributed by atoms with Crippen LogP contribution < -0.4 is 5.32 Å². The van der Waals surface area contributed by atoms with E-state index in [1.807, 2.05) is 31.2 Å². The van der Waals surface area contributed by atoms with E-state index in [4.69, 9.17) is 0 Å². The fraction of sp³-hybridized carbons (Fsp3) is 0.222. The van der Waals surface area contributed by atoms with Crippen molar-refractivity contribution in [1.82, 2.24) is 5.32 Å². The first-order chi connectivity index (χ1) is 5.29. The van der Waals surface area contributed by atoms with Crippen LogP contribution in [0.25, 0.3) is 0 Å². The molecule has 0 aromatic rings. The average molecular weight is 148 g/mol. The summed E-state index contributed by atoms with van der Waals surface area (Å²) in [6.07, 6.45) is 7.83. The maximum atomic E-state index is 4.21. The summed E-state index contributed by atoms with van der Waals surface area (Å²) in [5.74, 6) is 0.909. The van der Waals surface area contributed by atoms with E-state index in [9.17, 15) is 0 Å². The maximum absolute atomic E-state index is 4.21. The van der Waals surface area contributed by atoms with Gasteiger partial charge in [-0.15, -0.1) is 0 Å². The minimum Gasteiger partial charge on any atom is -0.345 e. The number of allylic oxidation sites excluding steroid dienone is 3. The highest BCUT2D eigenvalue weighted by atomic mass is 15.0. The smallest absolute Gasteiger partial charge is 0.0979 e. The molecule has 0 spiro atoms. The molecule has 0 atom stereocenters. The molecule has 0 aromatic carbocycles. The summed E-state index contributed by atoms with van der Waals surface area (Å²) in [6, 6.07) is 0. The van der Waals surface area contributed by atoms with Gasteiger partial charge in [0.15, 0.2) is 0 Å². The lowest BCUT2D eigenvalue weighted by Crippen LogP contribution is -2.17. The molecule has 58 valence electrons. The zero-order valence-electron chi connectivity index (χ0n) is 6.67. The molecule has 2 heteroatoms. The van der Waals surface area contributed by atoms with Crippen molar-refractivity contribution in [1.29, 1.82) is 0 Å². The molecular weight excluding hydrogens is 136 g/mol. The van der Waals surface area contributed by atoms with Gasteiger partial charge in [-0.1, -0.05) is 24.8 Å². The van der Waals surface area contributed by atoms with Gasteiger partial charge in [-0.3, -0.25) is 4.99 Å². The second-order valence-corrected chi connectivity index (χ2v) is 2.36. The molecule has 1 aliphatic rings. The molecule has 0 saturated carbocycles. The van der Waals surface area contributed by atoms with E-state index in [2.05, 4.69) is 16.9 Å². The molecule has 11 heavy (non-hydrogen) atoms. The van der Waals surface area contributed by atoms with Gasteiger partial charge >= 0.3 is 0 Å². The van der Waals surface area contributed by atoms with Crippen LogP contribution >= 0.6 is 0 Å². The summed E-state index contributed by atoms with van der Waals surface area (Å²) in [6.45, 7) is 6.46. The molecule has 0 amide bonds. The Balaban J connectivity index is 2.73. The van der Waals surface area contributed by atoms with Crippen LogP contribution in [0.15, 0.2) is 41.6 Å². The van der Waals surface area contributed by atoms with E-state index in [0.29, 0.717) is 0 Å². The van der Waals surface area contributed by atoms with Crippen molar-refractivity contribution in [2.75, 3.05) is 6.54 Å². The normalized spacial score (nSPS) is 20.8. The molecule has 0 bridgehead atoms. The van der Waals surface area contributed by atoms with E-state index in [-0.39, 0.29) is 0 Å². The minimum absolute atomic E-state index is 0.733. The van der Waals surface area contributed by atoms with Gasteiger partial charge in [0.1, 0.15) is 0 Å². The maximum Gasteiger partial charge on any atom is 0.0979 e. The number of hydrogen-bond acceptors (Lipinski definition) is 2. The molecule has 0 aromatic heterocycles. The molecule has 0 saturated heterocycles.